The lowest BCUT2D eigenvalue weighted by Gasteiger charge is -2.30. The van der Waals surface area contributed by atoms with Gasteiger partial charge < -0.3 is 10.4 Å². The Hall–Kier alpha value is -0.130. The van der Waals surface area contributed by atoms with E-state index in [9.17, 15) is 13.5 Å². The molecule has 2 atom stereocenters. The highest BCUT2D eigenvalue weighted by molar-refractivity contribution is 7.91. The van der Waals surface area contributed by atoms with Gasteiger partial charge in [0.05, 0.1) is 17.6 Å². The van der Waals surface area contributed by atoms with Crippen LogP contribution in [-0.4, -0.2) is 43.2 Å². The zero-order chi connectivity index (χ0) is 9.47. The van der Waals surface area contributed by atoms with Gasteiger partial charge in [-0.2, -0.15) is 0 Å². The first-order valence-electron chi connectivity index (χ1n) is 4.71. The molecule has 2 rings (SSSR count). The molecule has 0 unspecified atom stereocenters. The fourth-order valence-corrected chi connectivity index (χ4v) is 3.62. The van der Waals surface area contributed by atoms with Crippen molar-refractivity contribution in [2.24, 2.45) is 0 Å². The van der Waals surface area contributed by atoms with E-state index in [1.54, 1.807) is 0 Å². The van der Waals surface area contributed by atoms with E-state index in [0.29, 0.717) is 6.04 Å². The van der Waals surface area contributed by atoms with Crippen LogP contribution in [0.2, 0.25) is 0 Å². The van der Waals surface area contributed by atoms with Gasteiger partial charge in [-0.3, -0.25) is 0 Å². The molecule has 0 aromatic rings. The molecule has 0 bridgehead atoms. The van der Waals surface area contributed by atoms with Crippen LogP contribution in [0.15, 0.2) is 0 Å². The number of aliphatic hydroxyl groups is 1. The highest BCUT2D eigenvalue weighted by atomic mass is 32.2. The number of nitrogens with one attached hydrogen (secondary N) is 1. The van der Waals surface area contributed by atoms with E-state index >= 15 is 0 Å². The highest BCUT2D eigenvalue weighted by Gasteiger charge is 2.37. The first kappa shape index (κ1) is 9.43. The largest absolute Gasteiger partial charge is 0.390 e. The third-order valence-corrected chi connectivity index (χ3v) is 4.59. The summed E-state index contributed by atoms with van der Waals surface area (Å²) in [5.74, 6) is 0.0298. The standard InChI is InChI=1S/C8H15NO3S/c10-8-5-13(11,12)4-7(8)9-6-2-1-3-6/h6-10H,1-5H2/t7-,8-/m1/s1. The molecule has 1 saturated carbocycles. The van der Waals surface area contributed by atoms with E-state index in [1.165, 1.54) is 6.42 Å². The molecule has 0 amide bonds. The van der Waals surface area contributed by atoms with Gasteiger partial charge in [0.25, 0.3) is 0 Å². The summed E-state index contributed by atoms with van der Waals surface area (Å²) >= 11 is 0. The summed E-state index contributed by atoms with van der Waals surface area (Å²) in [4.78, 5) is 0. The van der Waals surface area contributed by atoms with Crippen molar-refractivity contribution in [1.82, 2.24) is 5.32 Å². The molecule has 0 aromatic heterocycles. The van der Waals surface area contributed by atoms with Crippen LogP contribution in [0.5, 0.6) is 0 Å². The lowest BCUT2D eigenvalue weighted by atomic mass is 9.92. The van der Waals surface area contributed by atoms with Gasteiger partial charge in [-0.05, 0) is 12.8 Å². The van der Waals surface area contributed by atoms with Crippen molar-refractivity contribution in [1.29, 1.82) is 0 Å². The zero-order valence-electron chi connectivity index (χ0n) is 7.44. The summed E-state index contributed by atoms with van der Waals surface area (Å²) < 4.78 is 22.3. The highest BCUT2D eigenvalue weighted by Crippen LogP contribution is 2.21. The number of aliphatic hydroxyl groups excluding tert-OH is 1. The fourth-order valence-electron chi connectivity index (χ4n) is 1.87. The van der Waals surface area contributed by atoms with Gasteiger partial charge in [-0.1, -0.05) is 6.42 Å². The Morgan fingerprint density at radius 2 is 1.92 bits per heavy atom. The van der Waals surface area contributed by atoms with Crippen LogP contribution < -0.4 is 5.32 Å². The smallest absolute Gasteiger partial charge is 0.154 e. The average molecular weight is 205 g/mol. The molecule has 0 radical (unpaired) electrons. The lowest BCUT2D eigenvalue weighted by molar-refractivity contribution is 0.148. The Morgan fingerprint density at radius 3 is 2.31 bits per heavy atom. The maximum Gasteiger partial charge on any atom is 0.154 e. The van der Waals surface area contributed by atoms with Gasteiger partial charge in [0, 0.05) is 12.1 Å². The van der Waals surface area contributed by atoms with Gasteiger partial charge in [0.15, 0.2) is 9.84 Å². The third-order valence-electron chi connectivity index (χ3n) is 2.88. The first-order chi connectivity index (χ1) is 6.07. The molecule has 0 spiro atoms. The van der Waals surface area contributed by atoms with E-state index < -0.39 is 15.9 Å². The predicted molar refractivity (Wildman–Crippen MR) is 49.2 cm³/mol. The first-order valence-corrected chi connectivity index (χ1v) is 6.53. The number of sulfone groups is 1. The monoisotopic (exact) mass is 205 g/mol. The summed E-state index contributed by atoms with van der Waals surface area (Å²) in [7, 11) is -2.99. The minimum Gasteiger partial charge on any atom is -0.390 e. The van der Waals surface area contributed by atoms with Gasteiger partial charge in [-0.15, -0.1) is 0 Å². The van der Waals surface area contributed by atoms with Crippen LogP contribution in [0.4, 0.5) is 0 Å². The lowest BCUT2D eigenvalue weighted by Crippen LogP contribution is -2.47. The normalized spacial score (nSPS) is 38.8. The molecule has 0 aromatic carbocycles. The van der Waals surface area contributed by atoms with E-state index in [0.717, 1.165) is 12.8 Å². The maximum absolute atomic E-state index is 11.1. The zero-order valence-corrected chi connectivity index (χ0v) is 8.26. The maximum atomic E-state index is 11.1. The Kier molecular flexibility index (Phi) is 2.33. The Balaban J connectivity index is 1.92. The van der Waals surface area contributed by atoms with Crippen LogP contribution in [0, 0.1) is 0 Å². The molecular formula is C8H15NO3S. The van der Waals surface area contributed by atoms with E-state index in [2.05, 4.69) is 5.32 Å². The van der Waals surface area contributed by atoms with Crippen molar-refractivity contribution in [3.8, 4) is 0 Å². The Labute approximate surface area is 78.3 Å². The fraction of sp³-hybridized carbons (Fsp3) is 1.00. The van der Waals surface area contributed by atoms with Crippen LogP contribution in [0.1, 0.15) is 19.3 Å². The van der Waals surface area contributed by atoms with Crippen molar-refractivity contribution in [3.05, 3.63) is 0 Å². The van der Waals surface area contributed by atoms with Gasteiger partial charge >= 0.3 is 0 Å². The van der Waals surface area contributed by atoms with E-state index in [4.69, 9.17) is 0 Å². The third kappa shape index (κ3) is 2.03. The molecule has 76 valence electrons. The topological polar surface area (TPSA) is 66.4 Å². The van der Waals surface area contributed by atoms with Gasteiger partial charge in [0.2, 0.25) is 0 Å². The molecule has 1 aliphatic carbocycles. The predicted octanol–water partition coefficient (Wildman–Crippen LogP) is -0.714. The summed E-state index contributed by atoms with van der Waals surface area (Å²) in [6.07, 6.45) is 2.74. The average Bonchev–Trinajstić information content (AvgIpc) is 2.16. The summed E-state index contributed by atoms with van der Waals surface area (Å²) in [5, 5.41) is 12.6. The number of hydrogen-bond donors (Lipinski definition) is 2. The SMILES string of the molecule is O=S1(=O)C[C@@H](O)[C@H](NC2CCC2)C1. The number of rotatable bonds is 2. The molecule has 2 N–H and O–H groups in total. The molecule has 1 aliphatic heterocycles. The van der Waals surface area contributed by atoms with Crippen molar-refractivity contribution in [2.45, 2.75) is 37.5 Å². The van der Waals surface area contributed by atoms with Gasteiger partial charge in [-0.25, -0.2) is 8.42 Å². The summed E-state index contributed by atoms with van der Waals surface area (Å²) in [6, 6.07) is 0.211. The van der Waals surface area contributed by atoms with Crippen LogP contribution in [0.25, 0.3) is 0 Å². The van der Waals surface area contributed by atoms with Crippen LogP contribution in [0.3, 0.4) is 0 Å². The van der Waals surface area contributed by atoms with Crippen molar-refractivity contribution >= 4 is 9.84 Å². The summed E-state index contributed by atoms with van der Waals surface area (Å²) in [5.41, 5.74) is 0. The Bertz CT molecular complexity index is 284. The molecule has 2 aliphatic rings. The van der Waals surface area contributed by atoms with E-state index in [-0.39, 0.29) is 17.5 Å². The van der Waals surface area contributed by atoms with Crippen LogP contribution in [-0.2, 0) is 9.84 Å². The molecule has 2 fully saturated rings. The van der Waals surface area contributed by atoms with Crippen LogP contribution >= 0.6 is 0 Å². The van der Waals surface area contributed by atoms with Gasteiger partial charge in [0.1, 0.15) is 0 Å². The molecule has 5 heteroatoms. The molecule has 1 heterocycles. The van der Waals surface area contributed by atoms with Crippen molar-refractivity contribution in [2.75, 3.05) is 11.5 Å². The van der Waals surface area contributed by atoms with Crippen molar-refractivity contribution in [3.63, 3.8) is 0 Å². The van der Waals surface area contributed by atoms with E-state index in [1.807, 2.05) is 0 Å². The quantitative estimate of drug-likeness (QED) is 0.625. The molecule has 4 nitrogen and oxygen atoms in total. The minimum atomic E-state index is -2.99. The number of hydrogen-bond acceptors (Lipinski definition) is 4. The Morgan fingerprint density at radius 1 is 1.23 bits per heavy atom. The molecule has 13 heavy (non-hydrogen) atoms. The second-order valence-corrected chi connectivity index (χ2v) is 6.20. The molecular weight excluding hydrogens is 190 g/mol. The summed E-state index contributed by atoms with van der Waals surface area (Å²) in [6.45, 7) is 0. The second-order valence-electron chi connectivity index (χ2n) is 4.05. The minimum absolute atomic E-state index is 0.0720. The van der Waals surface area contributed by atoms with Crippen molar-refractivity contribution < 1.29 is 13.5 Å². The molecule has 1 saturated heterocycles. The second kappa shape index (κ2) is 3.22.